The lowest BCUT2D eigenvalue weighted by Gasteiger charge is -2.30. The maximum atomic E-state index is 13.8. The molecule has 1 fully saturated rings. The van der Waals surface area contributed by atoms with Crippen LogP contribution in [-0.2, 0) is 28.0 Å². The van der Waals surface area contributed by atoms with Gasteiger partial charge in [-0.05, 0) is 24.1 Å². The van der Waals surface area contributed by atoms with Crippen LogP contribution in [0.4, 0.5) is 5.69 Å². The van der Waals surface area contributed by atoms with E-state index in [1.54, 1.807) is 35.4 Å². The number of hydrogen-bond donors (Lipinski definition) is 0. The first-order valence-electron chi connectivity index (χ1n) is 10.9. The Morgan fingerprint density at radius 2 is 1.79 bits per heavy atom. The number of imidazole rings is 1. The lowest BCUT2D eigenvalue weighted by Crippen LogP contribution is -2.48. The SMILES string of the molecule is CCC(Sc1nccn1C)C(=O)N(Cc1ccccc1)C1CC(=O)N(c2ccccc2)C1=O. The number of rotatable bonds is 8. The van der Waals surface area contributed by atoms with Crippen LogP contribution in [0.5, 0.6) is 0 Å². The van der Waals surface area contributed by atoms with Crippen LogP contribution in [0.15, 0.2) is 78.2 Å². The summed E-state index contributed by atoms with van der Waals surface area (Å²) in [7, 11) is 1.88. The Labute approximate surface area is 197 Å². The second-order valence-electron chi connectivity index (χ2n) is 7.91. The van der Waals surface area contributed by atoms with Crippen molar-refractivity contribution in [3.8, 4) is 0 Å². The minimum absolute atomic E-state index is 0.0319. The van der Waals surface area contributed by atoms with Crippen LogP contribution in [-0.4, -0.2) is 43.5 Å². The Hall–Kier alpha value is -3.39. The van der Waals surface area contributed by atoms with Gasteiger partial charge in [0, 0.05) is 26.0 Å². The van der Waals surface area contributed by atoms with Crippen molar-refractivity contribution >= 4 is 35.2 Å². The molecular formula is C25H26N4O3S. The van der Waals surface area contributed by atoms with Crippen LogP contribution >= 0.6 is 11.8 Å². The van der Waals surface area contributed by atoms with Crippen LogP contribution in [0, 0.1) is 0 Å². The molecule has 33 heavy (non-hydrogen) atoms. The zero-order valence-electron chi connectivity index (χ0n) is 18.6. The fourth-order valence-corrected chi connectivity index (χ4v) is 4.92. The van der Waals surface area contributed by atoms with Crippen LogP contribution in [0.3, 0.4) is 0 Å². The second kappa shape index (κ2) is 10.0. The number of anilines is 1. The normalized spacial score (nSPS) is 16.8. The summed E-state index contributed by atoms with van der Waals surface area (Å²) in [6.45, 7) is 2.20. The highest BCUT2D eigenvalue weighted by molar-refractivity contribution is 8.00. The number of carbonyl (C=O) groups excluding carboxylic acids is 3. The molecule has 4 rings (SSSR count). The number of benzene rings is 2. The molecule has 8 heteroatoms. The van der Waals surface area contributed by atoms with E-state index in [0.717, 1.165) is 10.7 Å². The van der Waals surface area contributed by atoms with Gasteiger partial charge in [-0.2, -0.15) is 0 Å². The third kappa shape index (κ3) is 4.85. The Morgan fingerprint density at radius 1 is 1.12 bits per heavy atom. The van der Waals surface area contributed by atoms with Crippen molar-refractivity contribution < 1.29 is 14.4 Å². The summed E-state index contributed by atoms with van der Waals surface area (Å²) < 4.78 is 1.86. The van der Waals surface area contributed by atoms with E-state index in [9.17, 15) is 14.4 Å². The predicted octanol–water partition coefficient (Wildman–Crippen LogP) is 3.65. The molecule has 2 heterocycles. The van der Waals surface area contributed by atoms with Crippen molar-refractivity contribution in [3.05, 3.63) is 78.6 Å². The lowest BCUT2D eigenvalue weighted by atomic mass is 10.1. The van der Waals surface area contributed by atoms with Gasteiger partial charge in [-0.15, -0.1) is 0 Å². The first-order chi connectivity index (χ1) is 16.0. The van der Waals surface area contributed by atoms with Gasteiger partial charge in [0.15, 0.2) is 5.16 Å². The van der Waals surface area contributed by atoms with Gasteiger partial charge < -0.3 is 9.47 Å². The van der Waals surface area contributed by atoms with Gasteiger partial charge in [-0.25, -0.2) is 9.88 Å². The predicted molar refractivity (Wildman–Crippen MR) is 127 cm³/mol. The number of nitrogens with zero attached hydrogens (tertiary/aromatic N) is 4. The number of thioether (sulfide) groups is 1. The number of hydrogen-bond acceptors (Lipinski definition) is 5. The molecule has 7 nitrogen and oxygen atoms in total. The number of amides is 3. The van der Waals surface area contributed by atoms with Gasteiger partial charge in [0.2, 0.25) is 11.8 Å². The molecule has 1 aliphatic rings. The van der Waals surface area contributed by atoms with Gasteiger partial charge in [-0.3, -0.25) is 14.4 Å². The molecule has 0 bridgehead atoms. The van der Waals surface area contributed by atoms with Crippen LogP contribution in [0.1, 0.15) is 25.3 Å². The molecule has 0 radical (unpaired) electrons. The number of carbonyl (C=O) groups is 3. The maximum absolute atomic E-state index is 13.8. The van der Waals surface area contributed by atoms with E-state index >= 15 is 0 Å². The fourth-order valence-electron chi connectivity index (χ4n) is 3.92. The second-order valence-corrected chi connectivity index (χ2v) is 9.08. The Morgan fingerprint density at radius 3 is 2.39 bits per heavy atom. The third-order valence-corrected chi connectivity index (χ3v) is 7.09. The molecule has 1 aliphatic heterocycles. The summed E-state index contributed by atoms with van der Waals surface area (Å²) in [5, 5.41) is 0.304. The molecular weight excluding hydrogens is 436 g/mol. The third-order valence-electron chi connectivity index (χ3n) is 5.66. The molecule has 170 valence electrons. The minimum atomic E-state index is -0.846. The molecule has 1 saturated heterocycles. The number of para-hydroxylation sites is 1. The minimum Gasteiger partial charge on any atom is -0.329 e. The molecule has 2 unspecified atom stereocenters. The van der Waals surface area contributed by atoms with E-state index in [4.69, 9.17) is 0 Å². The van der Waals surface area contributed by atoms with Gasteiger partial charge in [0.05, 0.1) is 17.4 Å². The number of aromatic nitrogens is 2. The van der Waals surface area contributed by atoms with Crippen LogP contribution in [0.25, 0.3) is 0 Å². The molecule has 2 atom stereocenters. The van der Waals surface area contributed by atoms with Gasteiger partial charge in [0.25, 0.3) is 5.91 Å². The van der Waals surface area contributed by atoms with Crippen LogP contribution in [0.2, 0.25) is 0 Å². The van der Waals surface area contributed by atoms with E-state index in [0.29, 0.717) is 12.1 Å². The zero-order chi connectivity index (χ0) is 23.4. The van der Waals surface area contributed by atoms with E-state index in [1.165, 1.54) is 16.7 Å². The highest BCUT2D eigenvalue weighted by Crippen LogP contribution is 2.31. The van der Waals surface area contributed by atoms with Crippen molar-refractivity contribution in [1.29, 1.82) is 0 Å². The molecule has 0 spiro atoms. The van der Waals surface area contributed by atoms with Gasteiger partial charge in [0.1, 0.15) is 6.04 Å². The zero-order valence-corrected chi connectivity index (χ0v) is 19.4. The van der Waals surface area contributed by atoms with Crippen molar-refractivity contribution in [2.24, 2.45) is 7.05 Å². The van der Waals surface area contributed by atoms with E-state index in [2.05, 4.69) is 4.98 Å². The molecule has 0 saturated carbocycles. The van der Waals surface area contributed by atoms with Gasteiger partial charge >= 0.3 is 0 Å². The summed E-state index contributed by atoms with van der Waals surface area (Å²) >= 11 is 1.38. The number of imide groups is 1. The Kier molecular flexibility index (Phi) is 6.93. The lowest BCUT2D eigenvalue weighted by molar-refractivity contribution is -0.138. The monoisotopic (exact) mass is 462 g/mol. The molecule has 1 aromatic heterocycles. The molecule has 2 aromatic carbocycles. The smallest absolute Gasteiger partial charge is 0.257 e. The van der Waals surface area contributed by atoms with Crippen molar-refractivity contribution in [2.75, 3.05) is 4.90 Å². The standard InChI is InChI=1S/C25H26N4O3S/c1-3-21(33-25-26-14-15-27(25)2)24(32)28(17-18-10-6-4-7-11-18)20-16-22(30)29(23(20)31)19-12-8-5-9-13-19/h4-15,20-21H,3,16-17H2,1-2H3. The topological polar surface area (TPSA) is 75.5 Å². The molecule has 3 amide bonds. The number of aryl methyl sites for hydroxylation is 1. The molecule has 3 aromatic rings. The summed E-state index contributed by atoms with van der Waals surface area (Å²) in [4.78, 5) is 47.2. The average molecular weight is 463 g/mol. The summed E-state index contributed by atoms with van der Waals surface area (Å²) in [6, 6.07) is 17.6. The summed E-state index contributed by atoms with van der Waals surface area (Å²) in [5.41, 5.74) is 1.43. The summed E-state index contributed by atoms with van der Waals surface area (Å²) in [6.07, 6.45) is 4.06. The highest BCUT2D eigenvalue weighted by Gasteiger charge is 2.45. The largest absolute Gasteiger partial charge is 0.329 e. The van der Waals surface area contributed by atoms with E-state index < -0.39 is 11.3 Å². The van der Waals surface area contributed by atoms with Crippen LogP contribution < -0.4 is 4.90 Å². The molecule has 0 N–H and O–H groups in total. The van der Waals surface area contributed by atoms with E-state index in [1.807, 2.05) is 61.1 Å². The fraction of sp³-hybridized carbons (Fsp3) is 0.280. The average Bonchev–Trinajstić information content (AvgIpc) is 3.37. The quantitative estimate of drug-likeness (QED) is 0.377. The van der Waals surface area contributed by atoms with Crippen molar-refractivity contribution in [2.45, 2.75) is 42.8 Å². The highest BCUT2D eigenvalue weighted by atomic mass is 32.2. The molecule has 0 aliphatic carbocycles. The van der Waals surface area contributed by atoms with E-state index in [-0.39, 0.29) is 30.7 Å². The summed E-state index contributed by atoms with van der Waals surface area (Å²) in [5.74, 6) is -0.838. The van der Waals surface area contributed by atoms with Crippen molar-refractivity contribution in [1.82, 2.24) is 14.5 Å². The first-order valence-corrected chi connectivity index (χ1v) is 11.8. The van der Waals surface area contributed by atoms with Crippen molar-refractivity contribution in [3.63, 3.8) is 0 Å². The first kappa shape index (κ1) is 22.8. The maximum Gasteiger partial charge on any atom is 0.257 e. The van der Waals surface area contributed by atoms with Gasteiger partial charge in [-0.1, -0.05) is 67.2 Å². The Bertz CT molecular complexity index is 1130. The Balaban J connectivity index is 1.64.